The van der Waals surface area contributed by atoms with Crippen molar-refractivity contribution in [2.75, 3.05) is 0 Å². The number of benzene rings is 2. The summed E-state index contributed by atoms with van der Waals surface area (Å²) in [5.74, 6) is -0.0385. The third kappa shape index (κ3) is 2.29. The Bertz CT molecular complexity index is 880. The molecule has 0 fully saturated rings. The van der Waals surface area contributed by atoms with Crippen LogP contribution >= 0.6 is 0 Å². The molecule has 22 heavy (non-hydrogen) atoms. The van der Waals surface area contributed by atoms with E-state index in [0.717, 1.165) is 21.9 Å². The number of allylic oxidation sites excluding steroid dienone is 1. The molecule has 3 heteroatoms. The van der Waals surface area contributed by atoms with Gasteiger partial charge in [-0.3, -0.25) is 14.4 Å². The fourth-order valence-electron chi connectivity index (χ4n) is 2.97. The van der Waals surface area contributed by atoms with E-state index in [2.05, 4.69) is 0 Å². The van der Waals surface area contributed by atoms with Crippen LogP contribution in [0.1, 0.15) is 52.6 Å². The molecule has 0 unspecified atom stereocenters. The van der Waals surface area contributed by atoms with Crippen molar-refractivity contribution in [3.8, 4) is 0 Å². The molecule has 0 atom stereocenters. The average Bonchev–Trinajstić information content (AvgIpc) is 2.46. The van der Waals surface area contributed by atoms with Crippen LogP contribution in [0.4, 0.5) is 0 Å². The standard InChI is InChI=1S/C19H16O3/c1-10(20)13-4-16-6-14(11(2)21)8-18-9-15(12(3)22)7-17(5-13)19(16)18/h4-8H,9H2,1-3H3. The molecule has 0 saturated carbocycles. The minimum Gasteiger partial charge on any atom is -0.295 e. The number of carbonyl (C=O) groups excluding carboxylic acids is 3. The second kappa shape index (κ2) is 5.02. The van der Waals surface area contributed by atoms with Gasteiger partial charge in [-0.1, -0.05) is 0 Å². The highest BCUT2D eigenvalue weighted by Crippen LogP contribution is 2.34. The van der Waals surface area contributed by atoms with Gasteiger partial charge in [0.2, 0.25) is 0 Å². The van der Waals surface area contributed by atoms with Gasteiger partial charge in [0.1, 0.15) is 0 Å². The summed E-state index contributed by atoms with van der Waals surface area (Å²) >= 11 is 0. The minimum atomic E-state index is -0.0312. The second-order valence-corrected chi connectivity index (χ2v) is 5.81. The largest absolute Gasteiger partial charge is 0.295 e. The highest BCUT2D eigenvalue weighted by molar-refractivity contribution is 6.10. The van der Waals surface area contributed by atoms with Crippen LogP contribution in [0.2, 0.25) is 0 Å². The molecule has 0 saturated heterocycles. The van der Waals surface area contributed by atoms with Crippen molar-refractivity contribution >= 4 is 34.2 Å². The zero-order valence-corrected chi connectivity index (χ0v) is 12.8. The average molecular weight is 292 g/mol. The molecule has 3 rings (SSSR count). The Morgan fingerprint density at radius 1 is 0.818 bits per heavy atom. The molecule has 2 aromatic carbocycles. The molecule has 2 aromatic rings. The third-order valence-corrected chi connectivity index (χ3v) is 4.14. The minimum absolute atomic E-state index is 0.0141. The van der Waals surface area contributed by atoms with Gasteiger partial charge in [0.25, 0.3) is 0 Å². The summed E-state index contributed by atoms with van der Waals surface area (Å²) in [7, 11) is 0. The van der Waals surface area contributed by atoms with E-state index in [0.29, 0.717) is 23.1 Å². The van der Waals surface area contributed by atoms with E-state index in [1.54, 1.807) is 0 Å². The highest BCUT2D eigenvalue weighted by atomic mass is 16.1. The summed E-state index contributed by atoms with van der Waals surface area (Å²) in [5.41, 5.74) is 3.76. The molecular formula is C19H16O3. The van der Waals surface area contributed by atoms with Crippen molar-refractivity contribution in [3.05, 3.63) is 52.1 Å². The molecule has 3 nitrogen and oxygen atoms in total. The molecule has 0 spiro atoms. The number of Topliss-reactive ketones (excluding diaryl/α,β-unsaturated/α-hetero) is 3. The predicted octanol–water partition coefficient (Wildman–Crippen LogP) is 3.77. The molecule has 0 bridgehead atoms. The monoisotopic (exact) mass is 292 g/mol. The van der Waals surface area contributed by atoms with Crippen LogP contribution in [-0.4, -0.2) is 17.3 Å². The van der Waals surface area contributed by atoms with E-state index in [-0.39, 0.29) is 17.3 Å². The quantitative estimate of drug-likeness (QED) is 0.809. The fraction of sp³-hybridized carbons (Fsp3) is 0.211. The number of carbonyl (C=O) groups is 3. The number of ketones is 3. The molecule has 0 heterocycles. The lowest BCUT2D eigenvalue weighted by atomic mass is 9.84. The number of rotatable bonds is 3. The Labute approximate surface area is 128 Å². The Hall–Kier alpha value is -2.55. The number of hydrogen-bond donors (Lipinski definition) is 0. The molecule has 0 amide bonds. The van der Waals surface area contributed by atoms with Crippen LogP contribution in [-0.2, 0) is 11.2 Å². The van der Waals surface area contributed by atoms with Gasteiger partial charge in [-0.05, 0) is 78.6 Å². The van der Waals surface area contributed by atoms with Crippen LogP contribution in [0.5, 0.6) is 0 Å². The molecule has 0 aliphatic heterocycles. The molecular weight excluding hydrogens is 276 g/mol. The molecule has 1 aliphatic carbocycles. The van der Waals surface area contributed by atoms with E-state index in [1.165, 1.54) is 20.8 Å². The van der Waals surface area contributed by atoms with Gasteiger partial charge in [0, 0.05) is 17.5 Å². The zero-order chi connectivity index (χ0) is 16.0. The van der Waals surface area contributed by atoms with Gasteiger partial charge in [0.05, 0.1) is 0 Å². The van der Waals surface area contributed by atoms with Crippen molar-refractivity contribution in [1.29, 1.82) is 0 Å². The van der Waals surface area contributed by atoms with Crippen LogP contribution in [0.15, 0.2) is 29.8 Å². The van der Waals surface area contributed by atoms with Gasteiger partial charge in [-0.2, -0.15) is 0 Å². The van der Waals surface area contributed by atoms with Crippen molar-refractivity contribution in [2.24, 2.45) is 0 Å². The number of hydrogen-bond acceptors (Lipinski definition) is 3. The summed E-state index contributed by atoms with van der Waals surface area (Å²) in [6.07, 6.45) is 2.39. The fourth-order valence-corrected chi connectivity index (χ4v) is 2.97. The molecule has 0 N–H and O–H groups in total. The molecule has 1 aliphatic rings. The van der Waals surface area contributed by atoms with E-state index in [9.17, 15) is 14.4 Å². The lowest BCUT2D eigenvalue weighted by Crippen LogP contribution is -2.08. The molecule has 0 aromatic heterocycles. The van der Waals surface area contributed by atoms with Crippen LogP contribution in [0.25, 0.3) is 16.8 Å². The van der Waals surface area contributed by atoms with Crippen molar-refractivity contribution < 1.29 is 14.4 Å². The lowest BCUT2D eigenvalue weighted by Gasteiger charge is -2.18. The van der Waals surface area contributed by atoms with E-state index in [4.69, 9.17) is 0 Å². The second-order valence-electron chi connectivity index (χ2n) is 5.81. The summed E-state index contributed by atoms with van der Waals surface area (Å²) in [6.45, 7) is 4.58. The highest BCUT2D eigenvalue weighted by Gasteiger charge is 2.19. The first-order chi connectivity index (χ1) is 10.4. The maximum Gasteiger partial charge on any atom is 0.159 e. The van der Waals surface area contributed by atoms with E-state index < -0.39 is 0 Å². The van der Waals surface area contributed by atoms with E-state index in [1.807, 2.05) is 30.3 Å². The summed E-state index contributed by atoms with van der Waals surface area (Å²) in [6, 6.07) is 7.33. The van der Waals surface area contributed by atoms with Crippen LogP contribution in [0, 0.1) is 0 Å². The van der Waals surface area contributed by atoms with Crippen LogP contribution < -0.4 is 0 Å². The Balaban J connectivity index is 2.39. The Morgan fingerprint density at radius 3 is 1.95 bits per heavy atom. The first kappa shape index (κ1) is 14.4. The topological polar surface area (TPSA) is 51.2 Å². The summed E-state index contributed by atoms with van der Waals surface area (Å²) < 4.78 is 0. The molecule has 0 radical (unpaired) electrons. The maximum atomic E-state index is 11.8. The summed E-state index contributed by atoms with van der Waals surface area (Å²) in [5, 5.41) is 1.91. The molecule has 110 valence electrons. The van der Waals surface area contributed by atoms with Crippen molar-refractivity contribution in [3.63, 3.8) is 0 Å². The summed E-state index contributed by atoms with van der Waals surface area (Å²) in [4.78, 5) is 35.2. The normalized spacial score (nSPS) is 13.0. The maximum absolute atomic E-state index is 11.8. The van der Waals surface area contributed by atoms with Gasteiger partial charge in [-0.15, -0.1) is 0 Å². The van der Waals surface area contributed by atoms with E-state index >= 15 is 0 Å². The van der Waals surface area contributed by atoms with Gasteiger partial charge in [-0.25, -0.2) is 0 Å². The van der Waals surface area contributed by atoms with Crippen molar-refractivity contribution in [2.45, 2.75) is 27.2 Å². The van der Waals surface area contributed by atoms with Gasteiger partial charge < -0.3 is 0 Å². The first-order valence-corrected chi connectivity index (χ1v) is 7.21. The Kier molecular flexibility index (Phi) is 3.28. The van der Waals surface area contributed by atoms with Gasteiger partial charge >= 0.3 is 0 Å². The zero-order valence-electron chi connectivity index (χ0n) is 12.8. The smallest absolute Gasteiger partial charge is 0.159 e. The first-order valence-electron chi connectivity index (χ1n) is 7.21. The van der Waals surface area contributed by atoms with Crippen molar-refractivity contribution in [1.82, 2.24) is 0 Å². The van der Waals surface area contributed by atoms with Crippen LogP contribution in [0.3, 0.4) is 0 Å². The Morgan fingerprint density at radius 2 is 1.41 bits per heavy atom. The lowest BCUT2D eigenvalue weighted by molar-refractivity contribution is -0.113. The third-order valence-electron chi connectivity index (χ3n) is 4.14. The van der Waals surface area contributed by atoms with Gasteiger partial charge in [0.15, 0.2) is 17.3 Å². The SMILES string of the molecule is CC(=O)C1=Cc2cc(C(C)=O)cc3cc(C(C)=O)cc(c23)C1. The predicted molar refractivity (Wildman–Crippen MR) is 86.3 cm³/mol.